The number of aromatic nitrogens is 3. The lowest BCUT2D eigenvalue weighted by atomic mass is 10.2. The largest absolute Gasteiger partial charge is 0.489 e. The van der Waals surface area contributed by atoms with Crippen molar-refractivity contribution in [1.29, 1.82) is 0 Å². The lowest BCUT2D eigenvalue weighted by molar-refractivity contribution is 0.103. The second-order valence-corrected chi connectivity index (χ2v) is 8.64. The Morgan fingerprint density at radius 3 is 2.70 bits per heavy atom. The highest BCUT2D eigenvalue weighted by atomic mass is 32.1. The van der Waals surface area contributed by atoms with Crippen LogP contribution in [0.25, 0.3) is 11.3 Å². The quantitative estimate of drug-likeness (QED) is 0.411. The highest BCUT2D eigenvalue weighted by molar-refractivity contribution is 7.14. The van der Waals surface area contributed by atoms with Gasteiger partial charge in [-0.25, -0.2) is 4.98 Å². The van der Waals surface area contributed by atoms with E-state index in [1.165, 1.54) is 28.2 Å². The molecule has 0 aliphatic rings. The Balaban J connectivity index is 1.38. The Morgan fingerprint density at radius 1 is 1.17 bits per heavy atom. The number of anilines is 1. The molecule has 0 unspecified atom stereocenters. The van der Waals surface area contributed by atoms with Crippen molar-refractivity contribution in [2.24, 2.45) is 0 Å². The minimum Gasteiger partial charge on any atom is -0.489 e. The third-order valence-electron chi connectivity index (χ3n) is 4.71. The van der Waals surface area contributed by atoms with E-state index in [1.807, 2.05) is 65.8 Å². The monoisotopic (exact) mass is 438 g/mol. The van der Waals surface area contributed by atoms with Crippen LogP contribution in [0.2, 0.25) is 0 Å². The first-order valence-electron chi connectivity index (χ1n) is 9.60. The van der Waals surface area contributed by atoms with Crippen LogP contribution in [0.4, 0.5) is 5.13 Å². The maximum Gasteiger partial charge on any atom is 0.267 e. The van der Waals surface area contributed by atoms with E-state index in [1.54, 1.807) is 0 Å². The summed E-state index contributed by atoms with van der Waals surface area (Å²) in [5.74, 6) is 0.651. The molecule has 154 valence electrons. The van der Waals surface area contributed by atoms with Crippen LogP contribution < -0.4 is 10.1 Å². The van der Waals surface area contributed by atoms with Gasteiger partial charge in [0.05, 0.1) is 16.8 Å². The van der Waals surface area contributed by atoms with Gasteiger partial charge in [0.25, 0.3) is 5.91 Å². The first-order valence-corrected chi connectivity index (χ1v) is 11.4. The van der Waals surface area contributed by atoms with Crippen LogP contribution in [-0.4, -0.2) is 20.7 Å². The molecule has 3 aromatic heterocycles. The molecule has 0 saturated heterocycles. The SMILES string of the molecule is CCn1ncc(-c2csc(NC(=O)c3cc(COc4ccc(C)cc4)cs3)n2)c1C. The predicted molar refractivity (Wildman–Crippen MR) is 122 cm³/mol. The van der Waals surface area contributed by atoms with Crippen LogP contribution in [0.5, 0.6) is 5.75 Å². The molecular weight excluding hydrogens is 416 g/mol. The fourth-order valence-electron chi connectivity index (χ4n) is 3.00. The summed E-state index contributed by atoms with van der Waals surface area (Å²) in [5, 5.41) is 11.7. The number of nitrogens with one attached hydrogen (secondary N) is 1. The van der Waals surface area contributed by atoms with Gasteiger partial charge >= 0.3 is 0 Å². The Labute approximate surface area is 183 Å². The molecular formula is C22H22N4O2S2. The highest BCUT2D eigenvalue weighted by Crippen LogP contribution is 2.28. The van der Waals surface area contributed by atoms with Crippen LogP contribution in [0, 0.1) is 13.8 Å². The Bertz CT molecular complexity index is 1160. The van der Waals surface area contributed by atoms with Crippen LogP contribution >= 0.6 is 22.7 Å². The topological polar surface area (TPSA) is 69.0 Å². The summed E-state index contributed by atoms with van der Waals surface area (Å²) in [6.07, 6.45) is 1.82. The summed E-state index contributed by atoms with van der Waals surface area (Å²) in [6, 6.07) is 9.78. The number of carbonyl (C=O) groups is 1. The Hall–Kier alpha value is -2.97. The van der Waals surface area contributed by atoms with Crippen LogP contribution in [0.15, 0.2) is 47.3 Å². The van der Waals surface area contributed by atoms with E-state index in [0.29, 0.717) is 16.6 Å². The minimum absolute atomic E-state index is 0.163. The highest BCUT2D eigenvalue weighted by Gasteiger charge is 2.15. The summed E-state index contributed by atoms with van der Waals surface area (Å²) in [5.41, 5.74) is 5.04. The van der Waals surface area contributed by atoms with Crippen molar-refractivity contribution < 1.29 is 9.53 Å². The summed E-state index contributed by atoms with van der Waals surface area (Å²) in [6.45, 7) is 7.36. The van der Waals surface area contributed by atoms with E-state index in [-0.39, 0.29) is 5.91 Å². The van der Waals surface area contributed by atoms with Crippen LogP contribution in [0.1, 0.15) is 33.4 Å². The number of thiophene rings is 1. The number of carbonyl (C=O) groups excluding carboxylic acids is 1. The molecule has 0 fully saturated rings. The number of amides is 1. The second kappa shape index (κ2) is 8.81. The number of aryl methyl sites for hydroxylation is 2. The van der Waals surface area contributed by atoms with E-state index in [9.17, 15) is 4.79 Å². The molecule has 0 bridgehead atoms. The molecule has 1 aromatic carbocycles. The fraction of sp³-hybridized carbons (Fsp3) is 0.227. The zero-order chi connectivity index (χ0) is 21.1. The molecule has 0 saturated carbocycles. The molecule has 30 heavy (non-hydrogen) atoms. The molecule has 0 aliphatic carbocycles. The summed E-state index contributed by atoms with van der Waals surface area (Å²) >= 11 is 2.81. The Kier molecular flexibility index (Phi) is 5.96. The zero-order valence-corrected chi connectivity index (χ0v) is 18.6. The molecule has 4 aromatic rings. The number of thiazole rings is 1. The van der Waals surface area contributed by atoms with Gasteiger partial charge in [0.2, 0.25) is 0 Å². The summed E-state index contributed by atoms with van der Waals surface area (Å²) in [7, 11) is 0. The van der Waals surface area contributed by atoms with Gasteiger partial charge < -0.3 is 4.74 Å². The molecule has 4 rings (SSSR count). The first kappa shape index (κ1) is 20.3. The zero-order valence-electron chi connectivity index (χ0n) is 17.0. The van der Waals surface area contributed by atoms with E-state index in [4.69, 9.17) is 4.74 Å². The van der Waals surface area contributed by atoms with Crippen molar-refractivity contribution >= 4 is 33.7 Å². The van der Waals surface area contributed by atoms with E-state index < -0.39 is 0 Å². The third kappa shape index (κ3) is 4.44. The van der Waals surface area contributed by atoms with Crippen LogP contribution in [0.3, 0.4) is 0 Å². The van der Waals surface area contributed by atoms with Crippen molar-refractivity contribution in [1.82, 2.24) is 14.8 Å². The van der Waals surface area contributed by atoms with Crippen LogP contribution in [-0.2, 0) is 13.2 Å². The molecule has 1 amide bonds. The molecule has 1 N–H and O–H groups in total. The molecule has 0 aliphatic heterocycles. The van der Waals surface area contributed by atoms with Gasteiger partial charge in [-0.3, -0.25) is 14.8 Å². The average Bonchev–Trinajstić information content (AvgIpc) is 3.47. The molecule has 0 atom stereocenters. The number of benzene rings is 1. The van der Waals surface area contributed by atoms with Crippen molar-refractivity contribution in [3.8, 4) is 17.0 Å². The van der Waals surface area contributed by atoms with Gasteiger partial charge in [-0.2, -0.15) is 5.10 Å². The van der Waals surface area contributed by atoms with Gasteiger partial charge in [-0.1, -0.05) is 17.7 Å². The van der Waals surface area contributed by atoms with Crippen molar-refractivity contribution in [2.75, 3.05) is 5.32 Å². The summed E-state index contributed by atoms with van der Waals surface area (Å²) in [4.78, 5) is 17.8. The van der Waals surface area contributed by atoms with Crippen molar-refractivity contribution in [3.63, 3.8) is 0 Å². The molecule has 8 heteroatoms. The normalized spacial score (nSPS) is 10.9. The van der Waals surface area contributed by atoms with Crippen molar-refractivity contribution in [2.45, 2.75) is 33.9 Å². The van der Waals surface area contributed by atoms with Gasteiger partial charge in [-0.05, 0) is 44.4 Å². The molecule has 0 radical (unpaired) electrons. The number of rotatable bonds is 7. The van der Waals surface area contributed by atoms with E-state index in [0.717, 1.165) is 34.8 Å². The number of hydrogen-bond acceptors (Lipinski definition) is 6. The summed E-state index contributed by atoms with van der Waals surface area (Å²) < 4.78 is 7.72. The van der Waals surface area contributed by atoms with E-state index >= 15 is 0 Å². The Morgan fingerprint density at radius 2 is 1.97 bits per heavy atom. The average molecular weight is 439 g/mol. The smallest absolute Gasteiger partial charge is 0.267 e. The second-order valence-electron chi connectivity index (χ2n) is 6.87. The maximum absolute atomic E-state index is 12.6. The first-order chi connectivity index (χ1) is 14.5. The number of nitrogens with zero attached hydrogens (tertiary/aromatic N) is 3. The number of ether oxygens (including phenoxy) is 1. The maximum atomic E-state index is 12.6. The van der Waals surface area contributed by atoms with Gasteiger partial charge in [0.1, 0.15) is 12.4 Å². The minimum atomic E-state index is -0.163. The van der Waals surface area contributed by atoms with Crippen molar-refractivity contribution in [3.05, 3.63) is 69.0 Å². The van der Waals surface area contributed by atoms with Gasteiger partial charge in [0.15, 0.2) is 5.13 Å². The number of hydrogen-bond donors (Lipinski definition) is 1. The molecule has 6 nitrogen and oxygen atoms in total. The third-order valence-corrected chi connectivity index (χ3v) is 6.44. The molecule has 3 heterocycles. The van der Waals surface area contributed by atoms with Gasteiger partial charge in [0, 0.05) is 28.7 Å². The standard InChI is InChI=1S/C22H22N4O2S2/c1-4-26-15(3)18(10-23-26)19-13-30-22(24-19)25-21(27)20-9-16(12-29-20)11-28-17-7-5-14(2)6-8-17/h5-10,12-13H,4,11H2,1-3H3,(H,24,25,27). The van der Waals surface area contributed by atoms with Gasteiger partial charge in [-0.15, -0.1) is 22.7 Å². The lowest BCUT2D eigenvalue weighted by Crippen LogP contribution is -2.09. The van der Waals surface area contributed by atoms with E-state index in [2.05, 4.69) is 22.3 Å². The fourth-order valence-corrected chi connectivity index (χ4v) is 4.50. The molecule has 0 spiro atoms. The predicted octanol–water partition coefficient (Wildman–Crippen LogP) is 5.54. The lowest BCUT2D eigenvalue weighted by Gasteiger charge is -2.04.